The first kappa shape index (κ1) is 16.9. The maximum Gasteiger partial charge on any atom is 0.0924 e. The Morgan fingerprint density at radius 3 is 2.58 bits per heavy atom. The SMILES string of the molecule is Cc1cc(N2CC(C)OC(C)C2)ccc1Nc1ccc2nn(C)cc2c1. The molecule has 1 aromatic heterocycles. The summed E-state index contributed by atoms with van der Waals surface area (Å²) < 4.78 is 7.69. The monoisotopic (exact) mass is 350 g/mol. The highest BCUT2D eigenvalue weighted by Gasteiger charge is 2.22. The molecule has 0 saturated carbocycles. The number of ether oxygens (including phenoxy) is 1. The van der Waals surface area contributed by atoms with Crippen LogP contribution in [-0.2, 0) is 11.8 Å². The quantitative estimate of drug-likeness (QED) is 0.767. The van der Waals surface area contributed by atoms with Crippen molar-refractivity contribution in [3.05, 3.63) is 48.2 Å². The molecule has 1 aliphatic heterocycles. The molecule has 3 aromatic rings. The lowest BCUT2D eigenvalue weighted by atomic mass is 10.1. The topological polar surface area (TPSA) is 42.3 Å². The average Bonchev–Trinajstić information content (AvgIpc) is 2.95. The van der Waals surface area contributed by atoms with Gasteiger partial charge in [0.2, 0.25) is 0 Å². The number of hydrogen-bond acceptors (Lipinski definition) is 4. The highest BCUT2D eigenvalue weighted by Crippen LogP contribution is 2.28. The molecule has 2 atom stereocenters. The molecule has 0 aliphatic carbocycles. The minimum Gasteiger partial charge on any atom is -0.372 e. The molecule has 2 aromatic carbocycles. The van der Waals surface area contributed by atoms with Crippen LogP contribution in [0.5, 0.6) is 0 Å². The normalized spacial score (nSPS) is 20.5. The van der Waals surface area contributed by atoms with Crippen LogP contribution in [0.3, 0.4) is 0 Å². The fraction of sp³-hybridized carbons (Fsp3) is 0.381. The van der Waals surface area contributed by atoms with E-state index in [-0.39, 0.29) is 12.2 Å². The highest BCUT2D eigenvalue weighted by molar-refractivity contribution is 5.83. The number of aromatic nitrogens is 2. The summed E-state index contributed by atoms with van der Waals surface area (Å²) in [7, 11) is 1.95. The minimum atomic E-state index is 0.267. The van der Waals surface area contributed by atoms with Crippen LogP contribution in [0.1, 0.15) is 19.4 Å². The maximum atomic E-state index is 5.85. The van der Waals surface area contributed by atoms with Crippen LogP contribution in [-0.4, -0.2) is 35.1 Å². The van der Waals surface area contributed by atoms with Gasteiger partial charge in [0.25, 0.3) is 0 Å². The summed E-state index contributed by atoms with van der Waals surface area (Å²) in [6.45, 7) is 8.31. The molecule has 26 heavy (non-hydrogen) atoms. The lowest BCUT2D eigenvalue weighted by molar-refractivity contribution is -0.00521. The summed E-state index contributed by atoms with van der Waals surface area (Å²) in [5.74, 6) is 0. The van der Waals surface area contributed by atoms with Gasteiger partial charge in [0.1, 0.15) is 0 Å². The van der Waals surface area contributed by atoms with Crippen molar-refractivity contribution in [2.75, 3.05) is 23.3 Å². The van der Waals surface area contributed by atoms with Crippen molar-refractivity contribution >= 4 is 28.0 Å². The molecule has 5 heteroatoms. The Hall–Kier alpha value is -2.53. The average molecular weight is 350 g/mol. The van der Waals surface area contributed by atoms with E-state index in [1.54, 1.807) is 0 Å². The van der Waals surface area contributed by atoms with Gasteiger partial charge in [0.15, 0.2) is 0 Å². The van der Waals surface area contributed by atoms with Crippen molar-refractivity contribution in [3.63, 3.8) is 0 Å². The second kappa shape index (κ2) is 6.65. The Kier molecular flexibility index (Phi) is 4.32. The number of rotatable bonds is 3. The smallest absolute Gasteiger partial charge is 0.0924 e. The van der Waals surface area contributed by atoms with Crippen LogP contribution in [0.2, 0.25) is 0 Å². The second-order valence-corrected chi connectivity index (χ2v) is 7.36. The standard InChI is InChI=1S/C21H26N4O/c1-14-9-19(25-11-15(2)26-16(3)12-25)6-8-20(14)22-18-5-7-21-17(10-18)13-24(4)23-21/h5-10,13,15-16,22H,11-12H2,1-4H3. The largest absolute Gasteiger partial charge is 0.372 e. The van der Waals surface area contributed by atoms with Gasteiger partial charge in [-0.1, -0.05) is 0 Å². The lowest BCUT2D eigenvalue weighted by Gasteiger charge is -2.37. The molecule has 0 amide bonds. The van der Waals surface area contributed by atoms with E-state index in [4.69, 9.17) is 4.74 Å². The van der Waals surface area contributed by atoms with E-state index in [9.17, 15) is 0 Å². The van der Waals surface area contributed by atoms with Crippen LogP contribution in [0.25, 0.3) is 10.9 Å². The Balaban J connectivity index is 1.55. The van der Waals surface area contributed by atoms with Crippen LogP contribution in [0.4, 0.5) is 17.1 Å². The van der Waals surface area contributed by atoms with E-state index in [0.717, 1.165) is 35.4 Å². The van der Waals surface area contributed by atoms with Gasteiger partial charge < -0.3 is 15.0 Å². The molecule has 0 bridgehead atoms. The van der Waals surface area contributed by atoms with Crippen LogP contribution in [0, 0.1) is 6.92 Å². The van der Waals surface area contributed by atoms with Crippen molar-refractivity contribution in [1.82, 2.24) is 9.78 Å². The van der Waals surface area contributed by atoms with Crippen molar-refractivity contribution in [2.24, 2.45) is 7.05 Å². The van der Waals surface area contributed by atoms with E-state index >= 15 is 0 Å². The molecule has 0 radical (unpaired) electrons. The van der Waals surface area contributed by atoms with Gasteiger partial charge in [-0.3, -0.25) is 4.68 Å². The Morgan fingerprint density at radius 1 is 1.08 bits per heavy atom. The number of aryl methyl sites for hydroxylation is 2. The van der Waals surface area contributed by atoms with Gasteiger partial charge in [-0.15, -0.1) is 0 Å². The summed E-state index contributed by atoms with van der Waals surface area (Å²) >= 11 is 0. The minimum absolute atomic E-state index is 0.267. The number of anilines is 3. The first-order valence-electron chi connectivity index (χ1n) is 9.19. The zero-order chi connectivity index (χ0) is 18.3. The van der Waals surface area contributed by atoms with Crippen molar-refractivity contribution in [2.45, 2.75) is 33.0 Å². The predicted octanol–water partition coefficient (Wildman–Crippen LogP) is 4.24. The van der Waals surface area contributed by atoms with E-state index in [2.05, 4.69) is 72.5 Å². The zero-order valence-electron chi connectivity index (χ0n) is 15.9. The maximum absolute atomic E-state index is 5.85. The molecule has 4 rings (SSSR count). The van der Waals surface area contributed by atoms with E-state index in [0.29, 0.717) is 0 Å². The number of fused-ring (bicyclic) bond motifs is 1. The lowest BCUT2D eigenvalue weighted by Crippen LogP contribution is -2.45. The van der Waals surface area contributed by atoms with Crippen molar-refractivity contribution < 1.29 is 4.74 Å². The molecule has 5 nitrogen and oxygen atoms in total. The fourth-order valence-corrected chi connectivity index (χ4v) is 3.76. The zero-order valence-corrected chi connectivity index (χ0v) is 15.9. The molecule has 1 aliphatic rings. The third-order valence-corrected chi connectivity index (χ3v) is 4.89. The third-order valence-electron chi connectivity index (χ3n) is 4.89. The highest BCUT2D eigenvalue weighted by atomic mass is 16.5. The van der Waals surface area contributed by atoms with Gasteiger partial charge in [-0.05, 0) is 62.7 Å². The molecule has 0 spiro atoms. The Bertz CT molecular complexity index is 923. The van der Waals surface area contributed by atoms with E-state index < -0.39 is 0 Å². The summed E-state index contributed by atoms with van der Waals surface area (Å²) in [6, 6.07) is 12.9. The molecular formula is C21H26N4O. The van der Waals surface area contributed by atoms with Crippen LogP contribution < -0.4 is 10.2 Å². The molecule has 1 saturated heterocycles. The van der Waals surface area contributed by atoms with Gasteiger partial charge in [0, 0.05) is 48.8 Å². The van der Waals surface area contributed by atoms with Gasteiger partial charge in [-0.25, -0.2) is 0 Å². The number of nitrogens with one attached hydrogen (secondary N) is 1. The molecular weight excluding hydrogens is 324 g/mol. The number of hydrogen-bond donors (Lipinski definition) is 1. The molecule has 2 heterocycles. The first-order valence-corrected chi connectivity index (χ1v) is 9.19. The predicted molar refractivity (Wildman–Crippen MR) is 107 cm³/mol. The summed E-state index contributed by atoms with van der Waals surface area (Å²) in [5, 5.41) is 9.11. The second-order valence-electron chi connectivity index (χ2n) is 7.36. The Morgan fingerprint density at radius 2 is 1.85 bits per heavy atom. The molecule has 1 N–H and O–H groups in total. The summed E-state index contributed by atoms with van der Waals surface area (Å²) in [6.07, 6.45) is 2.57. The van der Waals surface area contributed by atoms with Crippen LogP contribution in [0.15, 0.2) is 42.6 Å². The number of benzene rings is 2. The third kappa shape index (κ3) is 3.40. The van der Waals surface area contributed by atoms with Crippen LogP contribution >= 0.6 is 0 Å². The number of morpholine rings is 1. The summed E-state index contributed by atoms with van der Waals surface area (Å²) in [5.41, 5.74) is 5.72. The molecule has 1 fully saturated rings. The van der Waals surface area contributed by atoms with Gasteiger partial charge in [-0.2, -0.15) is 5.10 Å². The van der Waals surface area contributed by atoms with E-state index in [1.165, 1.54) is 11.3 Å². The van der Waals surface area contributed by atoms with E-state index in [1.807, 2.05) is 17.9 Å². The summed E-state index contributed by atoms with van der Waals surface area (Å²) in [4.78, 5) is 2.41. The van der Waals surface area contributed by atoms with Gasteiger partial charge in [0.05, 0.1) is 17.7 Å². The van der Waals surface area contributed by atoms with Crippen molar-refractivity contribution in [1.29, 1.82) is 0 Å². The fourth-order valence-electron chi connectivity index (χ4n) is 3.76. The molecule has 136 valence electrons. The molecule has 2 unspecified atom stereocenters. The first-order chi connectivity index (χ1) is 12.5. The van der Waals surface area contributed by atoms with Gasteiger partial charge >= 0.3 is 0 Å². The van der Waals surface area contributed by atoms with Crippen molar-refractivity contribution in [3.8, 4) is 0 Å². The Labute approximate surface area is 154 Å². The number of nitrogens with zero attached hydrogens (tertiary/aromatic N) is 3.